The fourth-order valence-corrected chi connectivity index (χ4v) is 3.04. The van der Waals surface area contributed by atoms with Crippen molar-refractivity contribution in [2.45, 2.75) is 45.4 Å². The van der Waals surface area contributed by atoms with Crippen molar-refractivity contribution < 1.29 is 18.4 Å². The standard InChI is InChI=1S/C22H25F2N3O2/c1-22(2,3)25-21(28)27(13-15-7-9-17(23)10-8-15)14-19-12-20(26-29-19)16-5-4-6-18(24)11-16/h4-11,19H,12-14H2,1-3H3,(H,25,28)/t19-/m1/s1. The minimum atomic E-state index is -0.405. The molecular formula is C22H25F2N3O2. The Morgan fingerprint density at radius 3 is 2.55 bits per heavy atom. The molecule has 154 valence electrons. The molecule has 0 radical (unpaired) electrons. The van der Waals surface area contributed by atoms with Gasteiger partial charge < -0.3 is 15.1 Å². The highest BCUT2D eigenvalue weighted by molar-refractivity contribution is 6.01. The highest BCUT2D eigenvalue weighted by atomic mass is 19.1. The summed E-state index contributed by atoms with van der Waals surface area (Å²) in [7, 11) is 0. The van der Waals surface area contributed by atoms with Gasteiger partial charge in [0.15, 0.2) is 6.10 Å². The summed E-state index contributed by atoms with van der Waals surface area (Å²) in [4.78, 5) is 19.9. The largest absolute Gasteiger partial charge is 0.390 e. The van der Waals surface area contributed by atoms with E-state index in [4.69, 9.17) is 4.84 Å². The highest BCUT2D eigenvalue weighted by Crippen LogP contribution is 2.20. The molecule has 0 spiro atoms. The molecule has 1 atom stereocenters. The molecule has 1 heterocycles. The van der Waals surface area contributed by atoms with Gasteiger partial charge in [-0.2, -0.15) is 0 Å². The number of carbonyl (C=O) groups excluding carboxylic acids is 1. The Kier molecular flexibility index (Phi) is 6.15. The number of amides is 2. The van der Waals surface area contributed by atoms with Crippen LogP contribution in [0.2, 0.25) is 0 Å². The quantitative estimate of drug-likeness (QED) is 0.804. The molecule has 1 aliphatic heterocycles. The summed E-state index contributed by atoms with van der Waals surface area (Å²) in [6.45, 7) is 6.30. The van der Waals surface area contributed by atoms with Gasteiger partial charge in [-0.1, -0.05) is 29.4 Å². The van der Waals surface area contributed by atoms with Gasteiger partial charge in [0.2, 0.25) is 0 Å². The maximum atomic E-state index is 13.5. The second-order valence-corrected chi connectivity index (χ2v) is 8.17. The first-order valence-corrected chi connectivity index (χ1v) is 9.50. The van der Waals surface area contributed by atoms with E-state index in [1.165, 1.54) is 24.3 Å². The van der Waals surface area contributed by atoms with Gasteiger partial charge in [0.1, 0.15) is 11.6 Å². The molecule has 1 N–H and O–H groups in total. The third kappa shape index (κ3) is 6.01. The predicted octanol–water partition coefficient (Wildman–Crippen LogP) is 4.47. The van der Waals surface area contributed by atoms with Crippen LogP contribution < -0.4 is 5.32 Å². The van der Waals surface area contributed by atoms with Gasteiger partial charge in [-0.05, 0) is 50.6 Å². The van der Waals surface area contributed by atoms with Crippen molar-refractivity contribution in [3.05, 3.63) is 71.3 Å². The molecule has 0 aromatic heterocycles. The third-order valence-electron chi connectivity index (χ3n) is 4.37. The fourth-order valence-electron chi connectivity index (χ4n) is 3.04. The Hall–Kier alpha value is -2.96. The third-order valence-corrected chi connectivity index (χ3v) is 4.37. The second-order valence-electron chi connectivity index (χ2n) is 8.17. The van der Waals surface area contributed by atoms with Crippen LogP contribution in [0, 0.1) is 11.6 Å². The zero-order valence-electron chi connectivity index (χ0n) is 16.8. The van der Waals surface area contributed by atoms with Gasteiger partial charge in [-0.15, -0.1) is 0 Å². The van der Waals surface area contributed by atoms with Crippen LogP contribution in [-0.4, -0.2) is 34.8 Å². The zero-order chi connectivity index (χ0) is 21.0. The number of nitrogens with one attached hydrogen (secondary N) is 1. The smallest absolute Gasteiger partial charge is 0.318 e. The minimum absolute atomic E-state index is 0.246. The second kappa shape index (κ2) is 8.59. The van der Waals surface area contributed by atoms with Gasteiger partial charge in [0.25, 0.3) is 0 Å². The summed E-state index contributed by atoms with van der Waals surface area (Å²) in [5.74, 6) is -0.664. The van der Waals surface area contributed by atoms with Crippen LogP contribution in [0.1, 0.15) is 38.3 Å². The molecule has 0 saturated carbocycles. The highest BCUT2D eigenvalue weighted by Gasteiger charge is 2.28. The molecule has 2 amide bonds. The molecule has 0 fully saturated rings. The molecule has 3 rings (SSSR count). The first kappa shape index (κ1) is 20.8. The molecule has 29 heavy (non-hydrogen) atoms. The number of carbonyl (C=O) groups is 1. The first-order chi connectivity index (χ1) is 13.7. The number of benzene rings is 2. The van der Waals surface area contributed by atoms with Gasteiger partial charge in [-0.25, -0.2) is 13.6 Å². The van der Waals surface area contributed by atoms with E-state index in [0.717, 1.165) is 5.56 Å². The normalized spacial score (nSPS) is 16.2. The van der Waals surface area contributed by atoms with Crippen molar-refractivity contribution in [1.29, 1.82) is 0 Å². The number of rotatable bonds is 5. The lowest BCUT2D eigenvalue weighted by Crippen LogP contribution is -2.50. The number of halogens is 2. The Balaban J connectivity index is 1.69. The van der Waals surface area contributed by atoms with Crippen molar-refractivity contribution in [2.24, 2.45) is 5.16 Å². The Morgan fingerprint density at radius 2 is 1.90 bits per heavy atom. The summed E-state index contributed by atoms with van der Waals surface area (Å²) in [6, 6.07) is 12.0. The number of nitrogens with zero attached hydrogens (tertiary/aromatic N) is 2. The van der Waals surface area contributed by atoms with Crippen LogP contribution in [0.15, 0.2) is 53.7 Å². The van der Waals surface area contributed by atoms with Gasteiger partial charge in [0.05, 0.1) is 12.3 Å². The Morgan fingerprint density at radius 1 is 1.17 bits per heavy atom. The monoisotopic (exact) mass is 401 g/mol. The van der Waals surface area contributed by atoms with E-state index >= 15 is 0 Å². The van der Waals surface area contributed by atoms with Gasteiger partial charge >= 0.3 is 6.03 Å². The van der Waals surface area contributed by atoms with E-state index in [9.17, 15) is 13.6 Å². The molecule has 0 bridgehead atoms. The number of hydrogen-bond acceptors (Lipinski definition) is 3. The lowest BCUT2D eigenvalue weighted by Gasteiger charge is -2.29. The zero-order valence-corrected chi connectivity index (χ0v) is 16.8. The molecule has 2 aromatic carbocycles. The van der Waals surface area contributed by atoms with Crippen LogP contribution >= 0.6 is 0 Å². The summed E-state index contributed by atoms with van der Waals surface area (Å²) < 4.78 is 26.7. The van der Waals surface area contributed by atoms with E-state index in [1.807, 2.05) is 20.8 Å². The van der Waals surface area contributed by atoms with Crippen molar-refractivity contribution in [3.8, 4) is 0 Å². The molecule has 0 unspecified atom stereocenters. The molecule has 5 nitrogen and oxygen atoms in total. The van der Waals surface area contributed by atoms with Gasteiger partial charge in [0, 0.05) is 24.1 Å². The topological polar surface area (TPSA) is 53.9 Å². The number of urea groups is 1. The van der Waals surface area contributed by atoms with Crippen LogP contribution in [0.25, 0.3) is 0 Å². The van der Waals surface area contributed by atoms with E-state index in [0.29, 0.717) is 30.8 Å². The Bertz CT molecular complexity index is 892. The summed E-state index contributed by atoms with van der Waals surface area (Å²) in [5, 5.41) is 7.02. The summed E-state index contributed by atoms with van der Waals surface area (Å²) in [5.41, 5.74) is 1.71. The average Bonchev–Trinajstić information content (AvgIpc) is 3.10. The molecule has 7 heteroatoms. The number of oxime groups is 1. The van der Waals surface area contributed by atoms with Crippen LogP contribution in [0.4, 0.5) is 13.6 Å². The van der Waals surface area contributed by atoms with Crippen molar-refractivity contribution >= 4 is 11.7 Å². The lowest BCUT2D eigenvalue weighted by molar-refractivity contribution is 0.0580. The maximum Gasteiger partial charge on any atom is 0.318 e. The van der Waals surface area contributed by atoms with E-state index in [1.54, 1.807) is 29.2 Å². The summed E-state index contributed by atoms with van der Waals surface area (Å²) >= 11 is 0. The van der Waals surface area contributed by atoms with Crippen LogP contribution in [0.3, 0.4) is 0 Å². The predicted molar refractivity (Wildman–Crippen MR) is 108 cm³/mol. The molecule has 0 saturated heterocycles. The first-order valence-electron chi connectivity index (χ1n) is 9.50. The molecule has 2 aromatic rings. The SMILES string of the molecule is CC(C)(C)NC(=O)N(Cc1ccc(F)cc1)C[C@H]1CC(c2cccc(F)c2)=NO1. The van der Waals surface area contributed by atoms with Crippen molar-refractivity contribution in [1.82, 2.24) is 10.2 Å². The molecule has 0 aliphatic carbocycles. The Labute approximate surface area is 169 Å². The minimum Gasteiger partial charge on any atom is -0.390 e. The lowest BCUT2D eigenvalue weighted by atomic mass is 10.0. The van der Waals surface area contributed by atoms with Crippen LogP contribution in [0.5, 0.6) is 0 Å². The fraction of sp³-hybridized carbons (Fsp3) is 0.364. The summed E-state index contributed by atoms with van der Waals surface area (Å²) in [6.07, 6.45) is 0.117. The molecular weight excluding hydrogens is 376 g/mol. The number of hydrogen-bond donors (Lipinski definition) is 1. The van der Waals surface area contributed by atoms with E-state index in [2.05, 4.69) is 10.5 Å². The van der Waals surface area contributed by atoms with Crippen LogP contribution in [-0.2, 0) is 11.4 Å². The molecule has 1 aliphatic rings. The van der Waals surface area contributed by atoms with Crippen molar-refractivity contribution in [3.63, 3.8) is 0 Å². The maximum absolute atomic E-state index is 13.5. The average molecular weight is 401 g/mol. The van der Waals surface area contributed by atoms with E-state index < -0.39 is 5.54 Å². The van der Waals surface area contributed by atoms with E-state index in [-0.39, 0.29) is 23.8 Å². The van der Waals surface area contributed by atoms with Crippen molar-refractivity contribution in [2.75, 3.05) is 6.54 Å². The van der Waals surface area contributed by atoms with Gasteiger partial charge in [-0.3, -0.25) is 0 Å².